The van der Waals surface area contributed by atoms with Crippen LogP contribution in [0, 0.1) is 0 Å². The van der Waals surface area contributed by atoms with Crippen LogP contribution >= 0.6 is 0 Å². The molecule has 0 aliphatic heterocycles. The van der Waals surface area contributed by atoms with Crippen molar-refractivity contribution in [3.8, 4) is 54.8 Å². The van der Waals surface area contributed by atoms with E-state index in [1.807, 2.05) is 24.3 Å². The van der Waals surface area contributed by atoms with Gasteiger partial charge >= 0.3 is 234 Å². The molecule has 2 heterocycles. The van der Waals surface area contributed by atoms with Crippen molar-refractivity contribution in [3.05, 3.63) is 140 Å². The van der Waals surface area contributed by atoms with Crippen molar-refractivity contribution < 1.29 is 0 Å². The monoisotopic (exact) mass is 565 g/mol. The normalized spacial score (nSPS) is 11.1. The first-order valence-corrected chi connectivity index (χ1v) is 14.6. The first-order valence-electron chi connectivity index (χ1n) is 12.9. The van der Waals surface area contributed by atoms with E-state index in [-0.39, 0.29) is 14.5 Å². The molecular formula is C35H23N3Se. The maximum atomic E-state index is 4.78. The van der Waals surface area contributed by atoms with Gasteiger partial charge in [0, 0.05) is 0 Å². The van der Waals surface area contributed by atoms with E-state index in [1.54, 1.807) is 0 Å². The fraction of sp³-hybridized carbons (Fsp3) is 0. The Bertz CT molecular complexity index is 1900. The van der Waals surface area contributed by atoms with Crippen LogP contribution in [0.2, 0.25) is 0 Å². The Morgan fingerprint density at radius 3 is 1.67 bits per heavy atom. The van der Waals surface area contributed by atoms with Crippen LogP contribution in [0.15, 0.2) is 140 Å². The molecule has 0 aliphatic carbocycles. The van der Waals surface area contributed by atoms with E-state index < -0.39 is 0 Å². The third kappa shape index (κ3) is 4.30. The number of hydrogen-bond donors (Lipinski definition) is 0. The molecule has 39 heavy (non-hydrogen) atoms. The summed E-state index contributed by atoms with van der Waals surface area (Å²) in [5.41, 5.74) is 9.76. The molecule has 2 aromatic heterocycles. The van der Waals surface area contributed by atoms with Crippen LogP contribution in [0.1, 0.15) is 0 Å². The zero-order chi connectivity index (χ0) is 26.0. The fourth-order valence-corrected chi connectivity index (χ4v) is 7.74. The number of benzene rings is 5. The summed E-state index contributed by atoms with van der Waals surface area (Å²) in [7, 11) is 0. The minimum absolute atomic E-state index is 0.0449. The van der Waals surface area contributed by atoms with Gasteiger partial charge in [0.2, 0.25) is 0 Å². The molecule has 0 N–H and O–H groups in total. The second kappa shape index (κ2) is 10.3. The van der Waals surface area contributed by atoms with E-state index in [9.17, 15) is 0 Å². The first kappa shape index (κ1) is 23.5. The van der Waals surface area contributed by atoms with E-state index >= 15 is 0 Å². The van der Waals surface area contributed by atoms with Gasteiger partial charge in [-0.1, -0.05) is 0 Å². The molecule has 0 unspecified atom stereocenters. The molecule has 4 heteroatoms. The van der Waals surface area contributed by atoms with Crippen LogP contribution in [0.5, 0.6) is 0 Å². The second-order valence-electron chi connectivity index (χ2n) is 9.31. The van der Waals surface area contributed by atoms with Gasteiger partial charge in [-0.3, -0.25) is 0 Å². The Balaban J connectivity index is 1.57. The van der Waals surface area contributed by atoms with Crippen molar-refractivity contribution >= 4 is 24.1 Å². The SMILES string of the molecule is c1ccc(-c2ccccc2-c2c(-c3nnnc(-c4ccccc4)c3-c3ccccc3)[se]c3ccccc23)cc1. The molecule has 0 spiro atoms. The van der Waals surface area contributed by atoms with Crippen molar-refractivity contribution in [2.45, 2.75) is 0 Å². The van der Waals surface area contributed by atoms with Crippen LogP contribution in [0.3, 0.4) is 0 Å². The summed E-state index contributed by atoms with van der Waals surface area (Å²) >= 11 is 0.0449. The Morgan fingerprint density at radius 1 is 0.410 bits per heavy atom. The number of aromatic nitrogens is 3. The van der Waals surface area contributed by atoms with Gasteiger partial charge in [0.1, 0.15) is 0 Å². The topological polar surface area (TPSA) is 38.7 Å². The molecule has 0 saturated heterocycles. The maximum absolute atomic E-state index is 4.78. The zero-order valence-corrected chi connectivity index (χ0v) is 22.7. The molecule has 7 rings (SSSR count). The Kier molecular flexibility index (Phi) is 6.18. The average Bonchev–Trinajstić information content (AvgIpc) is 3.41. The van der Waals surface area contributed by atoms with Crippen LogP contribution in [0.25, 0.3) is 64.4 Å². The second-order valence-corrected chi connectivity index (χ2v) is 11.5. The van der Waals surface area contributed by atoms with E-state index in [4.69, 9.17) is 5.10 Å². The fourth-order valence-electron chi connectivity index (χ4n) is 5.21. The van der Waals surface area contributed by atoms with Gasteiger partial charge in [-0.15, -0.1) is 0 Å². The standard InChI is InChI=1S/C35H23N3Se/c1-4-14-24(15-5-1)27-20-10-11-21-28(27)32-29-22-12-13-23-30(29)39-35(32)34-31(25-16-6-2-7-17-25)33(36-38-37-34)26-18-8-3-9-19-26/h1-23H. The molecule has 0 radical (unpaired) electrons. The van der Waals surface area contributed by atoms with Gasteiger partial charge in [-0.05, 0) is 0 Å². The molecular weight excluding hydrogens is 541 g/mol. The minimum atomic E-state index is 0.0449. The van der Waals surface area contributed by atoms with Crippen LogP contribution < -0.4 is 0 Å². The first-order chi connectivity index (χ1) is 19.4. The molecule has 0 atom stereocenters. The van der Waals surface area contributed by atoms with Crippen LogP contribution in [-0.2, 0) is 0 Å². The summed E-state index contributed by atoms with van der Waals surface area (Å²) in [6.45, 7) is 0. The van der Waals surface area contributed by atoms with E-state index in [2.05, 4.69) is 126 Å². The number of rotatable bonds is 5. The predicted octanol–water partition coefficient (Wildman–Crippen LogP) is 8.42. The summed E-state index contributed by atoms with van der Waals surface area (Å²) in [4.78, 5) is 0. The molecule has 0 saturated carbocycles. The summed E-state index contributed by atoms with van der Waals surface area (Å²) < 4.78 is 2.59. The molecule has 3 nitrogen and oxygen atoms in total. The molecule has 5 aromatic carbocycles. The van der Waals surface area contributed by atoms with Crippen molar-refractivity contribution in [2.75, 3.05) is 0 Å². The summed E-state index contributed by atoms with van der Waals surface area (Å²) in [6, 6.07) is 48.9. The van der Waals surface area contributed by atoms with Crippen molar-refractivity contribution in [1.29, 1.82) is 0 Å². The number of hydrogen-bond acceptors (Lipinski definition) is 3. The molecule has 7 aromatic rings. The third-order valence-corrected chi connectivity index (χ3v) is 9.43. The third-order valence-electron chi connectivity index (χ3n) is 6.96. The Hall–Kier alpha value is -4.63. The van der Waals surface area contributed by atoms with E-state index in [0.29, 0.717) is 0 Å². The van der Waals surface area contributed by atoms with Gasteiger partial charge in [0.15, 0.2) is 0 Å². The van der Waals surface area contributed by atoms with Gasteiger partial charge in [-0.25, -0.2) is 0 Å². The quantitative estimate of drug-likeness (QED) is 0.197. The van der Waals surface area contributed by atoms with Crippen LogP contribution in [0.4, 0.5) is 0 Å². The average molecular weight is 565 g/mol. The van der Waals surface area contributed by atoms with Gasteiger partial charge in [-0.2, -0.15) is 0 Å². The summed E-state index contributed by atoms with van der Waals surface area (Å²) in [6.07, 6.45) is 0. The number of fused-ring (bicyclic) bond motifs is 1. The molecule has 0 aliphatic rings. The Labute approximate surface area is 233 Å². The van der Waals surface area contributed by atoms with E-state index in [1.165, 1.54) is 36.3 Å². The summed E-state index contributed by atoms with van der Waals surface area (Å²) in [5.74, 6) is 0. The molecule has 0 amide bonds. The van der Waals surface area contributed by atoms with Crippen LogP contribution in [-0.4, -0.2) is 29.9 Å². The predicted molar refractivity (Wildman–Crippen MR) is 161 cm³/mol. The number of nitrogens with zero attached hydrogens (tertiary/aromatic N) is 3. The Morgan fingerprint density at radius 2 is 0.949 bits per heavy atom. The zero-order valence-electron chi connectivity index (χ0n) is 21.0. The van der Waals surface area contributed by atoms with Gasteiger partial charge < -0.3 is 0 Å². The van der Waals surface area contributed by atoms with Crippen molar-refractivity contribution in [3.63, 3.8) is 0 Å². The molecule has 0 bridgehead atoms. The van der Waals surface area contributed by atoms with Crippen molar-refractivity contribution in [2.24, 2.45) is 0 Å². The van der Waals surface area contributed by atoms with Crippen molar-refractivity contribution in [1.82, 2.24) is 15.4 Å². The molecule has 184 valence electrons. The van der Waals surface area contributed by atoms with E-state index in [0.717, 1.165) is 28.1 Å². The van der Waals surface area contributed by atoms with Gasteiger partial charge in [0.25, 0.3) is 0 Å². The molecule has 0 fully saturated rings. The summed E-state index contributed by atoms with van der Waals surface area (Å²) in [5, 5.41) is 15.0. The van der Waals surface area contributed by atoms with Gasteiger partial charge in [0.05, 0.1) is 0 Å².